The largest absolute Gasteiger partial charge is 0.493 e. The van der Waals surface area contributed by atoms with Crippen LogP contribution >= 0.6 is 0 Å². The number of ether oxygens (including phenoxy) is 2. The molecule has 0 aromatic heterocycles. The number of carbonyl (C=O) groups excluding carboxylic acids is 3. The summed E-state index contributed by atoms with van der Waals surface area (Å²) >= 11 is 0. The van der Waals surface area contributed by atoms with E-state index in [-0.39, 0.29) is 17.9 Å². The molecule has 2 aliphatic heterocycles. The zero-order valence-electron chi connectivity index (χ0n) is 19.8. The summed E-state index contributed by atoms with van der Waals surface area (Å²) in [6.07, 6.45) is 1.06. The maximum absolute atomic E-state index is 13.9. The van der Waals surface area contributed by atoms with Crippen LogP contribution in [0.5, 0.6) is 11.5 Å². The van der Waals surface area contributed by atoms with Crippen LogP contribution in [0.1, 0.15) is 65.1 Å². The maximum atomic E-state index is 13.9. The van der Waals surface area contributed by atoms with E-state index in [9.17, 15) is 14.4 Å². The van der Waals surface area contributed by atoms with Gasteiger partial charge in [-0.1, -0.05) is 26.0 Å². The number of fused-ring (bicyclic) bond motifs is 2. The van der Waals surface area contributed by atoms with Crippen molar-refractivity contribution in [1.82, 2.24) is 9.80 Å². The monoisotopic (exact) mass is 450 g/mol. The van der Waals surface area contributed by atoms with Gasteiger partial charge in [-0.3, -0.25) is 19.3 Å². The molecule has 2 heterocycles. The second-order valence-electron chi connectivity index (χ2n) is 9.03. The minimum Gasteiger partial charge on any atom is -0.493 e. The molecule has 1 unspecified atom stereocenters. The molecule has 2 atom stereocenters. The average molecular weight is 451 g/mol. The summed E-state index contributed by atoms with van der Waals surface area (Å²) < 4.78 is 10.9. The topological polar surface area (TPSA) is 76.2 Å². The summed E-state index contributed by atoms with van der Waals surface area (Å²) in [5.41, 5.74) is 2.80. The van der Waals surface area contributed by atoms with Crippen molar-refractivity contribution >= 4 is 17.7 Å². The van der Waals surface area contributed by atoms with E-state index in [1.807, 2.05) is 32.9 Å². The van der Waals surface area contributed by atoms with E-state index in [2.05, 4.69) is 0 Å². The third kappa shape index (κ3) is 3.86. The van der Waals surface area contributed by atoms with E-state index in [1.54, 1.807) is 43.4 Å². The van der Waals surface area contributed by atoms with Crippen LogP contribution in [0.2, 0.25) is 0 Å². The van der Waals surface area contributed by atoms with Crippen molar-refractivity contribution in [1.29, 1.82) is 0 Å². The summed E-state index contributed by atoms with van der Waals surface area (Å²) in [4.78, 5) is 43.1. The third-order valence-corrected chi connectivity index (χ3v) is 6.58. The van der Waals surface area contributed by atoms with Crippen LogP contribution in [0.15, 0.2) is 36.4 Å². The first-order valence-electron chi connectivity index (χ1n) is 11.3. The number of benzene rings is 2. The summed E-state index contributed by atoms with van der Waals surface area (Å²) in [6.45, 7) is 6.45. The van der Waals surface area contributed by atoms with Crippen molar-refractivity contribution in [3.63, 3.8) is 0 Å². The van der Waals surface area contributed by atoms with Gasteiger partial charge < -0.3 is 14.4 Å². The standard InChI is InChI=1S/C26H30N2O5/c1-15(2)12-21(28-24(29)18-8-6-7-9-19(18)25(28)30)26(31)27-11-10-17-13-22(32-4)23(33-5)14-20(17)16(27)3/h6-9,13-16,21H,10-12H2,1-5H3/t16?,21-/m1/s1. The van der Waals surface area contributed by atoms with E-state index in [0.717, 1.165) is 11.1 Å². The molecule has 7 heteroatoms. The fourth-order valence-corrected chi connectivity index (χ4v) is 4.89. The molecule has 0 saturated carbocycles. The Balaban J connectivity index is 1.67. The van der Waals surface area contributed by atoms with Crippen molar-refractivity contribution in [3.8, 4) is 11.5 Å². The fourth-order valence-electron chi connectivity index (χ4n) is 4.89. The lowest BCUT2D eigenvalue weighted by Gasteiger charge is -2.39. The Kier molecular flexibility index (Phi) is 6.15. The number of amides is 3. The van der Waals surface area contributed by atoms with Crippen molar-refractivity contribution in [2.24, 2.45) is 5.92 Å². The van der Waals surface area contributed by atoms with Crippen LogP contribution in [0, 0.1) is 5.92 Å². The number of carbonyl (C=O) groups is 3. The summed E-state index contributed by atoms with van der Waals surface area (Å²) in [7, 11) is 3.19. The second-order valence-corrected chi connectivity index (χ2v) is 9.03. The van der Waals surface area contributed by atoms with Crippen LogP contribution in [-0.2, 0) is 11.2 Å². The van der Waals surface area contributed by atoms with Crippen LogP contribution in [0.4, 0.5) is 0 Å². The van der Waals surface area contributed by atoms with E-state index in [0.29, 0.717) is 42.0 Å². The first-order chi connectivity index (χ1) is 15.8. The van der Waals surface area contributed by atoms with Gasteiger partial charge in [0.05, 0.1) is 31.4 Å². The van der Waals surface area contributed by atoms with Gasteiger partial charge in [-0.15, -0.1) is 0 Å². The molecule has 174 valence electrons. The molecular formula is C26H30N2O5. The SMILES string of the molecule is COc1cc2c(cc1OC)C(C)N(C(=O)[C@@H](CC(C)C)N1C(=O)c3ccccc3C1=O)CC2. The Labute approximate surface area is 194 Å². The molecule has 0 spiro atoms. The summed E-state index contributed by atoms with van der Waals surface area (Å²) in [6, 6.07) is 9.56. The first kappa shape index (κ1) is 22.8. The predicted molar refractivity (Wildman–Crippen MR) is 124 cm³/mol. The molecule has 3 amide bonds. The minimum atomic E-state index is -0.846. The average Bonchev–Trinajstić information content (AvgIpc) is 3.06. The third-order valence-electron chi connectivity index (χ3n) is 6.58. The van der Waals surface area contributed by atoms with Gasteiger partial charge in [0.15, 0.2) is 11.5 Å². The van der Waals surface area contributed by atoms with Gasteiger partial charge in [-0.2, -0.15) is 0 Å². The normalized spacial score (nSPS) is 18.3. The van der Waals surface area contributed by atoms with Crippen LogP contribution in [-0.4, -0.2) is 54.3 Å². The molecule has 4 rings (SSSR count). The van der Waals surface area contributed by atoms with Crippen molar-refractivity contribution in [2.45, 2.75) is 45.7 Å². The molecular weight excluding hydrogens is 420 g/mol. The lowest BCUT2D eigenvalue weighted by Crippen LogP contribution is -2.53. The number of imide groups is 1. The number of methoxy groups -OCH3 is 2. The molecule has 2 aliphatic rings. The van der Waals surface area contributed by atoms with E-state index in [4.69, 9.17) is 9.47 Å². The summed E-state index contributed by atoms with van der Waals surface area (Å²) in [5, 5.41) is 0. The molecule has 0 bridgehead atoms. The van der Waals surface area contributed by atoms with E-state index in [1.165, 1.54) is 4.90 Å². The van der Waals surface area contributed by atoms with Crippen LogP contribution < -0.4 is 9.47 Å². The molecule has 33 heavy (non-hydrogen) atoms. The van der Waals surface area contributed by atoms with Gasteiger partial charge in [-0.25, -0.2) is 0 Å². The Hall–Kier alpha value is -3.35. The Bertz CT molecular complexity index is 1070. The zero-order valence-corrected chi connectivity index (χ0v) is 19.8. The molecule has 0 aliphatic carbocycles. The number of rotatable bonds is 6. The fraction of sp³-hybridized carbons (Fsp3) is 0.423. The van der Waals surface area contributed by atoms with Gasteiger partial charge >= 0.3 is 0 Å². The lowest BCUT2D eigenvalue weighted by atomic mass is 9.91. The highest BCUT2D eigenvalue weighted by Crippen LogP contribution is 2.39. The minimum absolute atomic E-state index is 0.125. The van der Waals surface area contributed by atoms with Crippen molar-refractivity contribution in [3.05, 3.63) is 58.7 Å². The van der Waals surface area contributed by atoms with E-state index >= 15 is 0 Å². The van der Waals surface area contributed by atoms with Crippen molar-refractivity contribution in [2.75, 3.05) is 20.8 Å². The first-order valence-corrected chi connectivity index (χ1v) is 11.3. The Morgan fingerprint density at radius 2 is 1.61 bits per heavy atom. The van der Waals surface area contributed by atoms with Gasteiger partial charge in [0.25, 0.3) is 11.8 Å². The molecule has 2 aromatic carbocycles. The molecule has 0 saturated heterocycles. The van der Waals surface area contributed by atoms with Crippen LogP contribution in [0.3, 0.4) is 0 Å². The molecule has 0 radical (unpaired) electrons. The Morgan fingerprint density at radius 3 is 2.15 bits per heavy atom. The quantitative estimate of drug-likeness (QED) is 0.625. The highest BCUT2D eigenvalue weighted by molar-refractivity contribution is 6.22. The van der Waals surface area contributed by atoms with Gasteiger partial charge in [0.1, 0.15) is 6.04 Å². The molecule has 2 aromatic rings. The number of hydrogen-bond donors (Lipinski definition) is 0. The van der Waals surface area contributed by atoms with Gasteiger partial charge in [0, 0.05) is 6.54 Å². The highest BCUT2D eigenvalue weighted by atomic mass is 16.5. The zero-order chi connectivity index (χ0) is 23.9. The maximum Gasteiger partial charge on any atom is 0.262 e. The van der Waals surface area contributed by atoms with Crippen LogP contribution in [0.25, 0.3) is 0 Å². The van der Waals surface area contributed by atoms with Gasteiger partial charge in [-0.05, 0) is 61.1 Å². The summed E-state index contributed by atoms with van der Waals surface area (Å²) in [5.74, 6) is 0.395. The Morgan fingerprint density at radius 1 is 1.03 bits per heavy atom. The lowest BCUT2D eigenvalue weighted by molar-refractivity contribution is -0.138. The van der Waals surface area contributed by atoms with E-state index < -0.39 is 17.9 Å². The highest BCUT2D eigenvalue weighted by Gasteiger charge is 2.45. The van der Waals surface area contributed by atoms with Gasteiger partial charge in [0.2, 0.25) is 5.91 Å². The molecule has 0 N–H and O–H groups in total. The smallest absolute Gasteiger partial charge is 0.262 e. The molecule has 7 nitrogen and oxygen atoms in total. The number of hydrogen-bond acceptors (Lipinski definition) is 5. The van der Waals surface area contributed by atoms with Crippen molar-refractivity contribution < 1.29 is 23.9 Å². The predicted octanol–water partition coefficient (Wildman–Crippen LogP) is 3.86. The second kappa shape index (κ2) is 8.89. The number of nitrogens with zero attached hydrogens (tertiary/aromatic N) is 2. The molecule has 0 fully saturated rings.